The van der Waals surface area contributed by atoms with Gasteiger partial charge in [-0.2, -0.15) is 0 Å². The van der Waals surface area contributed by atoms with E-state index in [9.17, 15) is 4.39 Å². The van der Waals surface area contributed by atoms with Crippen LogP contribution in [0.4, 0.5) is 4.39 Å². The summed E-state index contributed by atoms with van der Waals surface area (Å²) in [6.45, 7) is 1.09. The lowest BCUT2D eigenvalue weighted by Gasteiger charge is -2.45. The van der Waals surface area contributed by atoms with E-state index >= 15 is 0 Å². The number of fused-ring (bicyclic) bond motifs is 2. The number of piperidine rings is 1. The first-order chi connectivity index (χ1) is 13.2. The summed E-state index contributed by atoms with van der Waals surface area (Å²) in [5.74, 6) is 0.282. The second-order valence-corrected chi connectivity index (χ2v) is 7.40. The maximum atomic E-state index is 14.7. The molecule has 1 fully saturated rings. The molecule has 0 N–H and O–H groups in total. The minimum Gasteiger partial charge on any atom is -0.467 e. The van der Waals surface area contributed by atoms with Crippen molar-refractivity contribution in [2.45, 2.75) is 44.3 Å². The molecule has 2 bridgehead atoms. The van der Waals surface area contributed by atoms with Gasteiger partial charge in [-0.05, 0) is 42.5 Å². The van der Waals surface area contributed by atoms with Gasteiger partial charge >= 0.3 is 0 Å². The Morgan fingerprint density at radius 2 is 1.96 bits per heavy atom. The van der Waals surface area contributed by atoms with Crippen LogP contribution in [0.15, 0.2) is 54.6 Å². The van der Waals surface area contributed by atoms with Crippen molar-refractivity contribution < 1.29 is 13.9 Å². The molecule has 0 aromatic heterocycles. The lowest BCUT2D eigenvalue weighted by molar-refractivity contribution is 0.0509. The highest BCUT2D eigenvalue weighted by Gasteiger charge is 2.34. The average molecular weight is 367 g/mol. The summed E-state index contributed by atoms with van der Waals surface area (Å²) in [5, 5.41) is 0. The van der Waals surface area contributed by atoms with Gasteiger partial charge in [0, 0.05) is 37.4 Å². The van der Waals surface area contributed by atoms with E-state index in [1.54, 1.807) is 7.11 Å². The van der Waals surface area contributed by atoms with E-state index in [0.717, 1.165) is 25.0 Å². The number of methoxy groups -OCH3 is 1. The van der Waals surface area contributed by atoms with Crippen LogP contribution in [-0.2, 0) is 11.3 Å². The number of ether oxygens (including phenoxy) is 2. The van der Waals surface area contributed by atoms with Crippen molar-refractivity contribution >= 4 is 5.57 Å². The van der Waals surface area contributed by atoms with Gasteiger partial charge in [-0.15, -0.1) is 0 Å². The minimum absolute atomic E-state index is 0.125. The minimum atomic E-state index is -0.218. The van der Waals surface area contributed by atoms with Crippen LogP contribution in [0.5, 0.6) is 5.75 Å². The Hall–Kier alpha value is -2.17. The zero-order valence-electron chi connectivity index (χ0n) is 15.7. The zero-order chi connectivity index (χ0) is 18.6. The Kier molecular flexibility index (Phi) is 5.55. The molecule has 2 heterocycles. The fraction of sp³-hybridized carbons (Fsp3) is 0.391. The van der Waals surface area contributed by atoms with Gasteiger partial charge in [0.05, 0.1) is 0 Å². The summed E-state index contributed by atoms with van der Waals surface area (Å²) in [6, 6.07) is 16.6. The zero-order valence-corrected chi connectivity index (χ0v) is 15.7. The summed E-state index contributed by atoms with van der Waals surface area (Å²) in [6.07, 6.45) is 6.75. The molecule has 142 valence electrons. The van der Waals surface area contributed by atoms with Crippen molar-refractivity contribution in [2.75, 3.05) is 13.9 Å². The first-order valence-electron chi connectivity index (χ1n) is 9.66. The van der Waals surface area contributed by atoms with Gasteiger partial charge in [-0.1, -0.05) is 42.8 Å². The molecule has 3 nitrogen and oxygen atoms in total. The number of halogens is 1. The molecule has 2 atom stereocenters. The number of nitrogens with zero attached hydrogens (tertiary/aromatic N) is 1. The quantitative estimate of drug-likeness (QED) is 0.669. The Bertz CT molecular complexity index is 805. The molecular formula is C23H26FNO2. The van der Waals surface area contributed by atoms with Crippen molar-refractivity contribution in [1.29, 1.82) is 0 Å². The molecule has 0 spiro atoms. The van der Waals surface area contributed by atoms with E-state index in [1.165, 1.54) is 24.5 Å². The van der Waals surface area contributed by atoms with E-state index in [4.69, 9.17) is 9.47 Å². The van der Waals surface area contributed by atoms with Crippen molar-refractivity contribution in [1.82, 2.24) is 4.90 Å². The summed E-state index contributed by atoms with van der Waals surface area (Å²) >= 11 is 0. The van der Waals surface area contributed by atoms with Crippen molar-refractivity contribution in [3.05, 3.63) is 71.6 Å². The fourth-order valence-corrected chi connectivity index (χ4v) is 4.33. The van der Waals surface area contributed by atoms with Crippen LogP contribution in [0.3, 0.4) is 0 Å². The SMILES string of the molecule is COCOc1ccc(C2=CC3CCCC(C2)N3Cc2ccccc2)c(F)c1. The Balaban J connectivity index is 1.55. The molecule has 0 saturated carbocycles. The maximum absolute atomic E-state index is 14.7. The highest BCUT2D eigenvalue weighted by molar-refractivity contribution is 5.68. The predicted molar refractivity (Wildman–Crippen MR) is 105 cm³/mol. The van der Waals surface area contributed by atoms with Crippen LogP contribution in [0.2, 0.25) is 0 Å². The van der Waals surface area contributed by atoms with E-state index < -0.39 is 0 Å². The number of benzene rings is 2. The summed E-state index contributed by atoms with van der Waals surface area (Å²) in [7, 11) is 1.55. The van der Waals surface area contributed by atoms with Gasteiger partial charge in [0.2, 0.25) is 0 Å². The van der Waals surface area contributed by atoms with Crippen LogP contribution < -0.4 is 4.74 Å². The fourth-order valence-electron chi connectivity index (χ4n) is 4.33. The molecule has 2 unspecified atom stereocenters. The third-order valence-electron chi connectivity index (χ3n) is 5.62. The Morgan fingerprint density at radius 3 is 2.70 bits per heavy atom. The van der Waals surface area contributed by atoms with Crippen LogP contribution in [-0.4, -0.2) is 30.9 Å². The molecular weight excluding hydrogens is 341 g/mol. The van der Waals surface area contributed by atoms with E-state index in [-0.39, 0.29) is 12.6 Å². The van der Waals surface area contributed by atoms with Crippen LogP contribution in [0, 0.1) is 5.82 Å². The topological polar surface area (TPSA) is 21.7 Å². The van der Waals surface area contributed by atoms with Crippen molar-refractivity contribution in [2.24, 2.45) is 0 Å². The largest absolute Gasteiger partial charge is 0.467 e. The molecule has 4 heteroatoms. The molecule has 2 aliphatic rings. The lowest BCUT2D eigenvalue weighted by Crippen LogP contribution is -2.47. The van der Waals surface area contributed by atoms with E-state index in [1.807, 2.05) is 12.1 Å². The lowest BCUT2D eigenvalue weighted by atomic mass is 9.82. The first kappa shape index (κ1) is 18.2. The van der Waals surface area contributed by atoms with Gasteiger partial charge < -0.3 is 9.47 Å². The second kappa shape index (κ2) is 8.24. The van der Waals surface area contributed by atoms with E-state index in [0.29, 0.717) is 23.4 Å². The molecule has 0 aliphatic carbocycles. The van der Waals surface area contributed by atoms with Gasteiger partial charge in [0.15, 0.2) is 6.79 Å². The van der Waals surface area contributed by atoms with Crippen LogP contribution >= 0.6 is 0 Å². The molecule has 0 amide bonds. The molecule has 4 rings (SSSR count). The summed E-state index contributed by atoms with van der Waals surface area (Å²) < 4.78 is 24.9. The standard InChI is InChI=1S/C23H26FNO2/c1-26-16-27-21-10-11-22(23(24)14-21)18-12-19-8-5-9-20(13-18)25(19)15-17-6-3-2-4-7-17/h2-4,6-7,10-12,14,19-20H,5,8-9,13,15-16H2,1H3. The average Bonchev–Trinajstić information content (AvgIpc) is 2.67. The Morgan fingerprint density at radius 1 is 1.11 bits per heavy atom. The highest BCUT2D eigenvalue weighted by Crippen LogP contribution is 2.39. The molecule has 2 aromatic rings. The third kappa shape index (κ3) is 4.07. The van der Waals surface area contributed by atoms with Crippen molar-refractivity contribution in [3.8, 4) is 5.75 Å². The molecule has 0 radical (unpaired) electrons. The van der Waals surface area contributed by atoms with Gasteiger partial charge in [0.1, 0.15) is 11.6 Å². The molecule has 27 heavy (non-hydrogen) atoms. The number of hydrogen-bond donors (Lipinski definition) is 0. The maximum Gasteiger partial charge on any atom is 0.188 e. The number of hydrogen-bond acceptors (Lipinski definition) is 3. The Labute approximate surface area is 160 Å². The first-order valence-corrected chi connectivity index (χ1v) is 9.66. The van der Waals surface area contributed by atoms with Crippen LogP contribution in [0.25, 0.3) is 5.57 Å². The van der Waals surface area contributed by atoms with Crippen LogP contribution in [0.1, 0.15) is 36.8 Å². The molecule has 2 aliphatic heterocycles. The predicted octanol–water partition coefficient (Wildman–Crippen LogP) is 5.02. The van der Waals surface area contributed by atoms with Crippen molar-refractivity contribution in [3.63, 3.8) is 0 Å². The molecule has 2 aromatic carbocycles. The monoisotopic (exact) mass is 367 g/mol. The van der Waals surface area contributed by atoms with Gasteiger partial charge in [0.25, 0.3) is 0 Å². The molecule has 1 saturated heterocycles. The normalized spacial score (nSPS) is 22.4. The third-order valence-corrected chi connectivity index (χ3v) is 5.62. The smallest absolute Gasteiger partial charge is 0.188 e. The number of rotatable bonds is 6. The van der Waals surface area contributed by atoms with Gasteiger partial charge in [-0.3, -0.25) is 4.90 Å². The van der Waals surface area contributed by atoms with E-state index in [2.05, 4.69) is 41.3 Å². The van der Waals surface area contributed by atoms with Gasteiger partial charge in [-0.25, -0.2) is 4.39 Å². The second-order valence-electron chi connectivity index (χ2n) is 7.40. The highest BCUT2D eigenvalue weighted by atomic mass is 19.1. The summed E-state index contributed by atoms with van der Waals surface area (Å²) in [5.41, 5.74) is 3.18. The summed E-state index contributed by atoms with van der Waals surface area (Å²) in [4.78, 5) is 2.59.